The number of fused-ring (bicyclic) bond motifs is 1. The van der Waals surface area contributed by atoms with Crippen LogP contribution in [0.4, 0.5) is 5.13 Å². The van der Waals surface area contributed by atoms with Gasteiger partial charge in [-0.25, -0.2) is 9.78 Å². The number of hydrogen-bond donors (Lipinski definition) is 1. The van der Waals surface area contributed by atoms with Crippen LogP contribution in [0.1, 0.15) is 24.5 Å². The first kappa shape index (κ1) is 19.8. The molecule has 7 heteroatoms. The third-order valence-electron chi connectivity index (χ3n) is 4.73. The molecular formula is C23H21N3O3S. The van der Waals surface area contributed by atoms with Crippen LogP contribution in [-0.2, 0) is 0 Å². The zero-order valence-corrected chi connectivity index (χ0v) is 17.7. The van der Waals surface area contributed by atoms with Gasteiger partial charge in [-0.2, -0.15) is 5.10 Å². The van der Waals surface area contributed by atoms with Gasteiger partial charge in [0.2, 0.25) is 5.13 Å². The second-order valence-electron chi connectivity index (χ2n) is 6.78. The van der Waals surface area contributed by atoms with E-state index in [1.165, 1.54) is 16.9 Å². The van der Waals surface area contributed by atoms with Crippen LogP contribution in [0.3, 0.4) is 0 Å². The molecule has 2 aromatic heterocycles. The minimum absolute atomic E-state index is 0.401. The molecule has 6 nitrogen and oxygen atoms in total. The summed E-state index contributed by atoms with van der Waals surface area (Å²) in [4.78, 5) is 17.0. The van der Waals surface area contributed by atoms with E-state index < -0.39 is 5.63 Å². The Morgan fingerprint density at radius 1 is 1.20 bits per heavy atom. The van der Waals surface area contributed by atoms with Gasteiger partial charge in [0.25, 0.3) is 0 Å². The highest BCUT2D eigenvalue weighted by Crippen LogP contribution is 2.27. The lowest BCUT2D eigenvalue weighted by molar-refractivity contribution is 0.415. The molecule has 4 rings (SSSR count). The van der Waals surface area contributed by atoms with Gasteiger partial charge in [-0.15, -0.1) is 11.3 Å². The van der Waals surface area contributed by atoms with Crippen LogP contribution in [0, 0.1) is 6.92 Å². The van der Waals surface area contributed by atoms with E-state index in [1.54, 1.807) is 25.3 Å². The summed E-state index contributed by atoms with van der Waals surface area (Å²) in [5.74, 6) is 0.695. The Balaban J connectivity index is 1.61. The number of benzene rings is 2. The van der Waals surface area contributed by atoms with E-state index in [-0.39, 0.29) is 0 Å². The van der Waals surface area contributed by atoms with Crippen molar-refractivity contribution >= 4 is 33.1 Å². The van der Waals surface area contributed by atoms with E-state index in [4.69, 9.17) is 9.15 Å². The fraction of sp³-hybridized carbons (Fsp3) is 0.174. The van der Waals surface area contributed by atoms with Crippen LogP contribution in [0.5, 0.6) is 5.75 Å². The first-order chi connectivity index (χ1) is 14.6. The Bertz CT molecular complexity index is 1270. The predicted molar refractivity (Wildman–Crippen MR) is 122 cm³/mol. The third-order valence-corrected chi connectivity index (χ3v) is 5.47. The number of ether oxygens (including phenoxy) is 1. The predicted octanol–water partition coefficient (Wildman–Crippen LogP) is 5.46. The Labute approximate surface area is 177 Å². The number of aryl methyl sites for hydroxylation is 1. The number of hydrogen-bond acceptors (Lipinski definition) is 7. The number of nitrogens with zero attached hydrogens (tertiary/aromatic N) is 2. The maximum Gasteiger partial charge on any atom is 0.345 e. The highest BCUT2D eigenvalue weighted by atomic mass is 32.1. The summed E-state index contributed by atoms with van der Waals surface area (Å²) in [7, 11) is 1.60. The quantitative estimate of drug-likeness (QED) is 0.255. The minimum Gasteiger partial charge on any atom is -0.497 e. The van der Waals surface area contributed by atoms with Crippen molar-refractivity contribution in [2.24, 2.45) is 5.10 Å². The molecule has 0 aliphatic carbocycles. The second kappa shape index (κ2) is 8.51. The first-order valence-electron chi connectivity index (χ1n) is 9.55. The lowest BCUT2D eigenvalue weighted by atomic mass is 10.1. The van der Waals surface area contributed by atoms with Gasteiger partial charge in [0.15, 0.2) is 0 Å². The van der Waals surface area contributed by atoms with Crippen molar-refractivity contribution in [2.75, 3.05) is 12.5 Å². The Morgan fingerprint density at radius 2 is 2.00 bits per heavy atom. The van der Waals surface area contributed by atoms with E-state index in [0.717, 1.165) is 23.1 Å². The number of hydrazone groups is 1. The van der Waals surface area contributed by atoms with Crippen LogP contribution in [-0.4, -0.2) is 17.8 Å². The van der Waals surface area contributed by atoms with Gasteiger partial charge in [0.05, 0.1) is 24.1 Å². The molecule has 0 aliphatic heterocycles. The molecule has 0 bridgehead atoms. The van der Waals surface area contributed by atoms with Gasteiger partial charge in [-0.1, -0.05) is 36.8 Å². The first-order valence-corrected chi connectivity index (χ1v) is 10.4. The molecule has 0 fully saturated rings. The summed E-state index contributed by atoms with van der Waals surface area (Å²) in [6.45, 7) is 4.11. The van der Waals surface area contributed by atoms with Crippen molar-refractivity contribution in [1.29, 1.82) is 0 Å². The topological polar surface area (TPSA) is 76.7 Å². The lowest BCUT2D eigenvalue weighted by Gasteiger charge is -2.05. The van der Waals surface area contributed by atoms with Crippen LogP contribution in [0.2, 0.25) is 0 Å². The molecule has 0 aliphatic rings. The van der Waals surface area contributed by atoms with Crippen molar-refractivity contribution in [3.8, 4) is 17.0 Å². The molecule has 0 atom stereocenters. The molecule has 4 aromatic rings. The molecule has 0 saturated carbocycles. The molecule has 0 amide bonds. The summed E-state index contributed by atoms with van der Waals surface area (Å²) >= 11 is 1.38. The molecule has 2 aromatic carbocycles. The molecular weight excluding hydrogens is 398 g/mol. The van der Waals surface area contributed by atoms with Gasteiger partial charge in [0.1, 0.15) is 11.3 Å². The summed E-state index contributed by atoms with van der Waals surface area (Å²) in [5, 5.41) is 7.70. The normalized spacial score (nSPS) is 11.6. The van der Waals surface area contributed by atoms with Crippen molar-refractivity contribution < 1.29 is 9.15 Å². The molecule has 0 spiro atoms. The van der Waals surface area contributed by atoms with Crippen LogP contribution in [0.15, 0.2) is 68.2 Å². The Kier molecular flexibility index (Phi) is 5.63. The van der Waals surface area contributed by atoms with Gasteiger partial charge in [-0.05, 0) is 43.2 Å². The number of anilines is 1. The van der Waals surface area contributed by atoms with E-state index in [2.05, 4.69) is 53.6 Å². The average molecular weight is 420 g/mol. The van der Waals surface area contributed by atoms with Crippen molar-refractivity contribution in [1.82, 2.24) is 4.98 Å². The zero-order chi connectivity index (χ0) is 21.1. The number of nitrogens with one attached hydrogen (secondary N) is 1. The minimum atomic E-state index is -0.429. The van der Waals surface area contributed by atoms with E-state index >= 15 is 0 Å². The fourth-order valence-corrected chi connectivity index (χ4v) is 3.72. The summed E-state index contributed by atoms with van der Waals surface area (Å²) in [5.41, 5.74) is 7.25. The summed E-state index contributed by atoms with van der Waals surface area (Å²) in [6.07, 6.45) is 0.782. The zero-order valence-electron chi connectivity index (χ0n) is 16.9. The fourth-order valence-electron chi connectivity index (χ4n) is 3.06. The van der Waals surface area contributed by atoms with Gasteiger partial charge in [-0.3, -0.25) is 5.43 Å². The summed E-state index contributed by atoms with van der Waals surface area (Å²) < 4.78 is 10.7. The van der Waals surface area contributed by atoms with E-state index in [0.29, 0.717) is 27.7 Å². The lowest BCUT2D eigenvalue weighted by Crippen LogP contribution is -2.04. The number of rotatable bonds is 6. The SMILES string of the molecule is CCC(=NNc1nc(-c2cc3cc(OC)ccc3oc2=O)cs1)c1ccc(C)cc1. The largest absolute Gasteiger partial charge is 0.497 e. The molecule has 0 saturated heterocycles. The molecule has 1 N–H and O–H groups in total. The van der Waals surface area contributed by atoms with Crippen molar-refractivity contribution in [3.05, 3.63) is 75.5 Å². The van der Waals surface area contributed by atoms with Crippen molar-refractivity contribution in [3.63, 3.8) is 0 Å². The second-order valence-corrected chi connectivity index (χ2v) is 7.64. The van der Waals surface area contributed by atoms with E-state index in [9.17, 15) is 4.79 Å². The van der Waals surface area contributed by atoms with Crippen LogP contribution in [0.25, 0.3) is 22.2 Å². The number of aromatic nitrogens is 1. The Hall–Kier alpha value is -3.45. The van der Waals surface area contributed by atoms with E-state index in [1.807, 2.05) is 11.4 Å². The number of thiazole rings is 1. The maximum atomic E-state index is 12.4. The average Bonchev–Trinajstić information content (AvgIpc) is 3.23. The summed E-state index contributed by atoms with van der Waals surface area (Å²) in [6, 6.07) is 15.3. The maximum absolute atomic E-state index is 12.4. The molecule has 2 heterocycles. The molecule has 30 heavy (non-hydrogen) atoms. The monoisotopic (exact) mass is 419 g/mol. The van der Waals surface area contributed by atoms with Gasteiger partial charge >= 0.3 is 5.63 Å². The van der Waals surface area contributed by atoms with Gasteiger partial charge in [0, 0.05) is 10.8 Å². The van der Waals surface area contributed by atoms with Gasteiger partial charge < -0.3 is 9.15 Å². The van der Waals surface area contributed by atoms with Crippen molar-refractivity contribution in [2.45, 2.75) is 20.3 Å². The van der Waals surface area contributed by atoms with Crippen LogP contribution >= 0.6 is 11.3 Å². The highest BCUT2D eigenvalue weighted by Gasteiger charge is 2.12. The highest BCUT2D eigenvalue weighted by molar-refractivity contribution is 7.14. The third kappa shape index (κ3) is 4.11. The van der Waals surface area contributed by atoms with Crippen LogP contribution < -0.4 is 15.8 Å². The molecule has 152 valence electrons. The standard InChI is InChI=1S/C23H21N3O3S/c1-4-19(15-7-5-14(2)6-8-15)25-26-23-24-20(13-30-23)18-12-16-11-17(28-3)9-10-21(16)29-22(18)27/h5-13H,4H2,1-3H3,(H,24,26). The smallest absolute Gasteiger partial charge is 0.345 e. The molecule has 0 unspecified atom stereocenters. The number of methoxy groups -OCH3 is 1. The Morgan fingerprint density at radius 3 is 2.73 bits per heavy atom. The molecule has 0 radical (unpaired) electrons.